The van der Waals surface area contributed by atoms with Crippen molar-refractivity contribution in [3.05, 3.63) is 108 Å². The van der Waals surface area contributed by atoms with Gasteiger partial charge in [0.2, 0.25) is 0 Å². The van der Waals surface area contributed by atoms with E-state index in [0.29, 0.717) is 36.4 Å². The minimum absolute atomic E-state index is 0.139. The number of aromatic nitrogens is 1. The fourth-order valence-corrected chi connectivity index (χ4v) is 3.13. The van der Waals surface area contributed by atoms with Gasteiger partial charge in [0.25, 0.3) is 5.91 Å². The second-order valence-electron chi connectivity index (χ2n) is 6.09. The normalized spacial score (nSPS) is 7.88. The number of carbonyl (C=O) groups excluding carboxylic acids is 1. The predicted octanol–water partition coefficient (Wildman–Crippen LogP) is 8.15. The Hall–Kier alpha value is -1.29. The Bertz CT molecular complexity index is 1160. The van der Waals surface area contributed by atoms with Gasteiger partial charge in [-0.15, -0.1) is 11.3 Å². The molecule has 0 fully saturated rings. The van der Waals surface area contributed by atoms with Gasteiger partial charge in [-0.05, 0) is 24.3 Å². The third kappa shape index (κ3) is 26.8. The fraction of sp³-hybridized carbons (Fsp3) is 0.258. The number of hydrogen-bond acceptors (Lipinski definition) is 5. The molecular weight excluding hydrogens is 919 g/mol. The molecule has 1 amide bonds. The Labute approximate surface area is 295 Å². The summed E-state index contributed by atoms with van der Waals surface area (Å²) in [4.78, 5) is 26.6. The number of carboxylic acids is 1. The van der Waals surface area contributed by atoms with Gasteiger partial charge in [0, 0.05) is 16.5 Å². The number of hydrogen-bond donors (Lipinski definition) is 2. The number of anilines is 1. The van der Waals surface area contributed by atoms with Crippen molar-refractivity contribution >= 4 is 81.6 Å². The summed E-state index contributed by atoms with van der Waals surface area (Å²) in [6, 6.07) is 27.3. The maximum atomic E-state index is 12.0. The molecule has 1 heterocycles. The summed E-state index contributed by atoms with van der Waals surface area (Å²) in [5.74, 6) is -1.02. The standard InChI is InChI=1S/C16H12N2OS.C7H6O2.4C2H6.BH2OP.I3/c19-15(13-9-5-2-6-10-13)18-16-17-14(11-20-16)12-7-3-1-4-8-12;8-7(9)6-4-2-1-3-5-6;4*1-2;2-1-3;1-3-2/h1-11H,(H,17,18,19);1-5H,(H,8,9);4*1-2H3;3H2;/q;;;;;;;-1. The van der Waals surface area contributed by atoms with Crippen LogP contribution in [-0.4, -0.2) is 28.8 Å². The predicted molar refractivity (Wildman–Crippen MR) is 205 cm³/mol. The molecular formula is C31H44BI3N2O4PS-. The third-order valence-corrected chi connectivity index (χ3v) is 4.61. The molecule has 0 spiro atoms. The summed E-state index contributed by atoms with van der Waals surface area (Å²) in [5, 5.41) is 13.8. The molecule has 0 radical (unpaired) electrons. The second-order valence-corrected chi connectivity index (χ2v) is 23.5. The molecule has 3 aromatic carbocycles. The van der Waals surface area contributed by atoms with Gasteiger partial charge in [-0.2, -0.15) is 0 Å². The van der Waals surface area contributed by atoms with Gasteiger partial charge in [-0.25, -0.2) is 9.78 Å². The van der Waals surface area contributed by atoms with Crippen molar-refractivity contribution in [3.8, 4) is 11.3 Å². The molecule has 4 rings (SSSR count). The van der Waals surface area contributed by atoms with E-state index in [1.165, 1.54) is 11.3 Å². The molecule has 2 N–H and O–H groups in total. The number of benzene rings is 3. The summed E-state index contributed by atoms with van der Waals surface area (Å²) >= 11 is 6.72. The van der Waals surface area contributed by atoms with Gasteiger partial charge in [0.15, 0.2) is 5.13 Å². The van der Waals surface area contributed by atoms with Gasteiger partial charge in [-0.3, -0.25) is 10.1 Å². The van der Waals surface area contributed by atoms with Gasteiger partial charge in [0.1, 0.15) is 0 Å². The van der Waals surface area contributed by atoms with Crippen LogP contribution >= 0.6 is 57.7 Å². The quantitative estimate of drug-likeness (QED) is 0.122. The molecule has 1 aromatic heterocycles. The molecule has 0 aliphatic heterocycles. The molecule has 0 aliphatic carbocycles. The molecule has 0 saturated heterocycles. The zero-order valence-electron chi connectivity index (χ0n) is 26.1. The number of carboxylic acid groups (broad SMARTS) is 1. The Morgan fingerprint density at radius 1 is 0.767 bits per heavy atom. The van der Waals surface area contributed by atoms with Crippen LogP contribution in [0.1, 0.15) is 76.1 Å². The first kappa shape index (κ1) is 48.6. The first-order valence-corrected chi connectivity index (χ1v) is 27.8. The molecule has 0 aliphatic rings. The Kier molecular flexibility index (Phi) is 43.8. The first-order valence-electron chi connectivity index (χ1n) is 13.6. The van der Waals surface area contributed by atoms with E-state index in [2.05, 4.69) is 47.5 Å². The average Bonchev–Trinajstić information content (AvgIpc) is 3.55. The van der Waals surface area contributed by atoms with Crippen LogP contribution in [0, 0.1) is 0 Å². The van der Waals surface area contributed by atoms with E-state index < -0.39 is 5.97 Å². The monoisotopic (exact) mass is 963 g/mol. The van der Waals surface area contributed by atoms with E-state index in [4.69, 9.17) is 9.81 Å². The van der Waals surface area contributed by atoms with Crippen molar-refractivity contribution in [2.24, 2.45) is 0 Å². The number of aromatic carboxylic acids is 1. The Morgan fingerprint density at radius 2 is 1.12 bits per heavy atom. The van der Waals surface area contributed by atoms with Gasteiger partial charge >= 0.3 is 77.1 Å². The Morgan fingerprint density at radius 3 is 1.47 bits per heavy atom. The molecule has 12 heteroatoms. The first-order chi connectivity index (χ1) is 21.0. The number of thiazole rings is 1. The summed E-state index contributed by atoms with van der Waals surface area (Å²) in [5.41, 5.74) is 2.88. The number of halogens is 3. The molecule has 238 valence electrons. The summed E-state index contributed by atoms with van der Waals surface area (Å²) < 4.78 is 8.77. The molecule has 0 saturated carbocycles. The SMILES string of the molecule is CC.CC.CC.CC.I[I-]I.O=BP.O=C(Nc1nc(-c2ccccc2)cs1)c1ccccc1.O=C(O)c1ccccc1. The molecule has 43 heavy (non-hydrogen) atoms. The van der Waals surface area contributed by atoms with Crippen molar-refractivity contribution in [2.75, 3.05) is 5.32 Å². The van der Waals surface area contributed by atoms with Crippen LogP contribution in [0.3, 0.4) is 0 Å². The van der Waals surface area contributed by atoms with Crippen LogP contribution in [-0.2, 0) is 4.70 Å². The summed E-state index contributed by atoms with van der Waals surface area (Å²) in [6.45, 7) is 16.7. The van der Waals surface area contributed by atoms with Gasteiger partial charge in [0.05, 0.1) is 11.3 Å². The van der Waals surface area contributed by atoms with E-state index in [0.717, 1.165) is 11.3 Å². The van der Waals surface area contributed by atoms with E-state index in [1.807, 2.05) is 118 Å². The fourth-order valence-electron chi connectivity index (χ4n) is 2.41. The molecule has 1 atom stereocenters. The molecule has 1 unspecified atom stereocenters. The van der Waals surface area contributed by atoms with Crippen LogP contribution in [0.15, 0.2) is 96.4 Å². The number of nitrogens with zero attached hydrogens (tertiary/aromatic N) is 1. The van der Waals surface area contributed by atoms with E-state index in [-0.39, 0.29) is 5.91 Å². The van der Waals surface area contributed by atoms with Crippen LogP contribution in [0.2, 0.25) is 0 Å². The maximum Gasteiger partial charge on any atom is 0.335 e. The van der Waals surface area contributed by atoms with Gasteiger partial charge < -0.3 is 5.11 Å². The minimum Gasteiger partial charge on any atom is -0.478 e. The van der Waals surface area contributed by atoms with Crippen LogP contribution in [0.4, 0.5) is 5.13 Å². The minimum atomic E-state index is -0.879. The van der Waals surface area contributed by atoms with E-state index >= 15 is 0 Å². The molecule has 4 aromatic rings. The van der Waals surface area contributed by atoms with Crippen molar-refractivity contribution in [2.45, 2.75) is 55.4 Å². The van der Waals surface area contributed by atoms with E-state index in [9.17, 15) is 9.59 Å². The Balaban J connectivity index is -0.000000277. The second kappa shape index (κ2) is 38.7. The molecule has 6 nitrogen and oxygen atoms in total. The zero-order chi connectivity index (χ0) is 33.9. The summed E-state index contributed by atoms with van der Waals surface area (Å²) in [6.07, 6.45) is 0. The van der Waals surface area contributed by atoms with Crippen molar-refractivity contribution in [3.63, 3.8) is 0 Å². The van der Waals surface area contributed by atoms with Crippen molar-refractivity contribution in [1.82, 2.24) is 4.98 Å². The topological polar surface area (TPSA) is 96.4 Å². The third-order valence-electron chi connectivity index (χ3n) is 3.85. The average molecular weight is 963 g/mol. The van der Waals surface area contributed by atoms with Crippen molar-refractivity contribution < 1.29 is 32.7 Å². The molecule has 0 bridgehead atoms. The largest absolute Gasteiger partial charge is 0.478 e. The maximum absolute atomic E-state index is 12.0. The van der Waals surface area contributed by atoms with Gasteiger partial charge in [-0.1, -0.05) is 122 Å². The number of amides is 1. The van der Waals surface area contributed by atoms with Crippen LogP contribution in [0.5, 0.6) is 0 Å². The smallest absolute Gasteiger partial charge is 0.335 e. The number of carbonyl (C=O) groups is 2. The number of rotatable bonds is 4. The zero-order valence-corrected chi connectivity index (χ0v) is 34.5. The van der Waals surface area contributed by atoms with Crippen LogP contribution in [0.25, 0.3) is 11.3 Å². The van der Waals surface area contributed by atoms with Crippen LogP contribution < -0.4 is 18.6 Å². The summed E-state index contributed by atoms with van der Waals surface area (Å²) in [7, 11) is 1.90. The van der Waals surface area contributed by atoms with Crippen molar-refractivity contribution in [1.29, 1.82) is 0 Å². The number of nitrogens with one attached hydrogen (secondary N) is 1. The van der Waals surface area contributed by atoms with E-state index in [1.54, 1.807) is 42.5 Å².